The van der Waals surface area contributed by atoms with Gasteiger partial charge in [0, 0.05) is 17.1 Å². The van der Waals surface area contributed by atoms with Gasteiger partial charge in [0.25, 0.3) is 5.91 Å². The lowest BCUT2D eigenvalue weighted by Crippen LogP contribution is -2.34. The van der Waals surface area contributed by atoms with E-state index in [4.69, 9.17) is 11.6 Å². The van der Waals surface area contributed by atoms with Crippen LogP contribution in [-0.2, 0) is 0 Å². The fraction of sp³-hybridized carbons (Fsp3) is 0.238. The van der Waals surface area contributed by atoms with Crippen LogP contribution < -0.4 is 5.32 Å². The van der Waals surface area contributed by atoms with Crippen LogP contribution in [-0.4, -0.2) is 36.4 Å². The van der Waals surface area contributed by atoms with Crippen LogP contribution in [0.25, 0.3) is 10.6 Å². The van der Waals surface area contributed by atoms with Crippen molar-refractivity contribution in [1.29, 1.82) is 0 Å². The van der Waals surface area contributed by atoms with Gasteiger partial charge < -0.3 is 10.2 Å². The molecule has 1 heterocycles. The molecule has 0 aliphatic carbocycles. The Balaban J connectivity index is 1.73. The Morgan fingerprint density at radius 3 is 2.44 bits per heavy atom. The maximum atomic E-state index is 12.7. The first kappa shape index (κ1) is 19.5. The quantitative estimate of drug-likeness (QED) is 0.647. The molecule has 27 heavy (non-hydrogen) atoms. The maximum absolute atomic E-state index is 12.7. The molecular weight excluding hydrogens is 378 g/mol. The van der Waals surface area contributed by atoms with Gasteiger partial charge in [-0.2, -0.15) is 0 Å². The first-order valence-electron chi connectivity index (χ1n) is 8.68. The summed E-state index contributed by atoms with van der Waals surface area (Å²) < 4.78 is 0. The molecule has 0 aliphatic heterocycles. The average Bonchev–Trinajstić information content (AvgIpc) is 3.05. The molecule has 0 saturated carbocycles. The van der Waals surface area contributed by atoms with Gasteiger partial charge >= 0.3 is 0 Å². The topological polar surface area (TPSA) is 45.2 Å². The van der Waals surface area contributed by atoms with Gasteiger partial charge in [-0.15, -0.1) is 11.3 Å². The molecule has 0 saturated heterocycles. The lowest BCUT2D eigenvalue weighted by molar-refractivity contribution is 0.0945. The lowest BCUT2D eigenvalue weighted by atomic mass is 10.1. The Labute approximate surface area is 168 Å². The van der Waals surface area contributed by atoms with Crippen molar-refractivity contribution >= 4 is 28.8 Å². The van der Waals surface area contributed by atoms with Gasteiger partial charge in [-0.1, -0.05) is 54.1 Å². The molecule has 0 spiro atoms. The first-order valence-corrected chi connectivity index (χ1v) is 9.88. The predicted octanol–water partition coefficient (Wildman–Crippen LogP) is 4.80. The number of aromatic nitrogens is 1. The first-order chi connectivity index (χ1) is 13.0. The highest BCUT2D eigenvalue weighted by molar-refractivity contribution is 7.17. The van der Waals surface area contributed by atoms with Crippen LogP contribution in [0.5, 0.6) is 0 Å². The summed E-state index contributed by atoms with van der Waals surface area (Å²) in [4.78, 5) is 20.0. The summed E-state index contributed by atoms with van der Waals surface area (Å²) in [5, 5.41) is 4.56. The van der Waals surface area contributed by atoms with Crippen molar-refractivity contribution in [2.45, 2.75) is 13.0 Å². The highest BCUT2D eigenvalue weighted by atomic mass is 35.5. The number of aryl methyl sites for hydroxylation is 1. The van der Waals surface area contributed by atoms with Crippen molar-refractivity contribution in [3.8, 4) is 10.6 Å². The smallest absolute Gasteiger partial charge is 0.263 e. The number of amides is 1. The van der Waals surface area contributed by atoms with Gasteiger partial charge in [-0.3, -0.25) is 4.79 Å². The summed E-state index contributed by atoms with van der Waals surface area (Å²) >= 11 is 7.35. The highest BCUT2D eigenvalue weighted by Crippen LogP contribution is 2.29. The molecule has 3 rings (SSSR count). The highest BCUT2D eigenvalue weighted by Gasteiger charge is 2.19. The van der Waals surface area contributed by atoms with Crippen molar-refractivity contribution in [2.75, 3.05) is 20.6 Å². The standard InChI is InChI=1S/C21H22ClN3OS/c1-14-19(27-21(24-14)16-9-11-17(22)12-10-16)20(26)23-13-18(25(2)3)15-7-5-4-6-8-15/h4-12,18H,13H2,1-3H3,(H,23,26). The van der Waals surface area contributed by atoms with Gasteiger partial charge in [0.15, 0.2) is 0 Å². The number of hydrogen-bond donors (Lipinski definition) is 1. The number of likely N-dealkylation sites (N-methyl/N-ethyl adjacent to an activating group) is 1. The summed E-state index contributed by atoms with van der Waals surface area (Å²) in [6.07, 6.45) is 0. The minimum Gasteiger partial charge on any atom is -0.349 e. The zero-order valence-corrected chi connectivity index (χ0v) is 17.1. The molecule has 1 amide bonds. The van der Waals surface area contributed by atoms with Crippen molar-refractivity contribution in [3.05, 3.63) is 75.8 Å². The lowest BCUT2D eigenvalue weighted by Gasteiger charge is -2.25. The number of rotatable bonds is 6. The van der Waals surface area contributed by atoms with E-state index in [9.17, 15) is 4.79 Å². The second-order valence-corrected chi connectivity index (χ2v) is 7.98. The zero-order valence-electron chi connectivity index (χ0n) is 15.6. The number of carbonyl (C=O) groups is 1. The Hall–Kier alpha value is -2.21. The predicted molar refractivity (Wildman–Crippen MR) is 113 cm³/mol. The van der Waals surface area contributed by atoms with E-state index in [-0.39, 0.29) is 11.9 Å². The molecule has 3 aromatic rings. The minimum absolute atomic E-state index is 0.0898. The van der Waals surface area contributed by atoms with Crippen LogP contribution in [0.1, 0.15) is 27.0 Å². The van der Waals surface area contributed by atoms with Crippen molar-refractivity contribution in [2.24, 2.45) is 0 Å². The Bertz CT molecular complexity index is 907. The van der Waals surface area contributed by atoms with Crippen LogP contribution >= 0.6 is 22.9 Å². The molecule has 0 fully saturated rings. The summed E-state index contributed by atoms with van der Waals surface area (Å²) in [6, 6.07) is 17.8. The van der Waals surface area contributed by atoms with Crippen LogP contribution in [0.4, 0.5) is 0 Å². The number of carbonyl (C=O) groups excluding carboxylic acids is 1. The molecule has 1 aromatic heterocycles. The molecule has 0 radical (unpaired) electrons. The normalized spacial score (nSPS) is 12.2. The largest absolute Gasteiger partial charge is 0.349 e. The molecule has 1 unspecified atom stereocenters. The van der Waals surface area contributed by atoms with Crippen LogP contribution in [0, 0.1) is 6.92 Å². The number of thiazole rings is 1. The molecule has 4 nitrogen and oxygen atoms in total. The van der Waals surface area contributed by atoms with E-state index in [1.54, 1.807) is 0 Å². The molecular formula is C21H22ClN3OS. The third-order valence-electron chi connectivity index (χ3n) is 4.36. The summed E-state index contributed by atoms with van der Waals surface area (Å²) in [5.41, 5.74) is 2.87. The Morgan fingerprint density at radius 2 is 1.81 bits per heavy atom. The minimum atomic E-state index is -0.0898. The van der Waals surface area contributed by atoms with E-state index in [1.165, 1.54) is 16.9 Å². The van der Waals surface area contributed by atoms with Crippen molar-refractivity contribution < 1.29 is 4.79 Å². The van der Waals surface area contributed by atoms with Gasteiger partial charge in [0.1, 0.15) is 9.88 Å². The third kappa shape index (κ3) is 4.75. The molecule has 140 valence electrons. The Kier molecular flexibility index (Phi) is 6.26. The molecule has 0 aliphatic rings. The number of halogens is 1. The molecule has 1 N–H and O–H groups in total. The summed E-state index contributed by atoms with van der Waals surface area (Å²) in [5.74, 6) is -0.0898. The molecule has 6 heteroatoms. The van der Waals surface area contributed by atoms with E-state index < -0.39 is 0 Å². The van der Waals surface area contributed by atoms with E-state index in [1.807, 2.05) is 63.5 Å². The SMILES string of the molecule is Cc1nc(-c2ccc(Cl)cc2)sc1C(=O)NCC(c1ccccc1)N(C)C. The summed E-state index contributed by atoms with van der Waals surface area (Å²) in [6.45, 7) is 2.40. The second-order valence-electron chi connectivity index (χ2n) is 6.54. The monoisotopic (exact) mass is 399 g/mol. The number of nitrogens with one attached hydrogen (secondary N) is 1. The number of benzene rings is 2. The average molecular weight is 400 g/mol. The molecule has 0 bridgehead atoms. The van der Waals surface area contributed by atoms with E-state index in [2.05, 4.69) is 27.3 Å². The fourth-order valence-corrected chi connectivity index (χ4v) is 3.98. The van der Waals surface area contributed by atoms with Crippen LogP contribution in [0.2, 0.25) is 5.02 Å². The maximum Gasteiger partial charge on any atom is 0.263 e. The number of nitrogens with zero attached hydrogens (tertiary/aromatic N) is 2. The zero-order chi connectivity index (χ0) is 19.4. The van der Waals surface area contributed by atoms with Gasteiger partial charge in [0.05, 0.1) is 11.7 Å². The van der Waals surface area contributed by atoms with Gasteiger partial charge in [0.2, 0.25) is 0 Å². The molecule has 2 aromatic carbocycles. The van der Waals surface area contributed by atoms with Gasteiger partial charge in [-0.05, 0) is 38.7 Å². The van der Waals surface area contributed by atoms with Crippen LogP contribution in [0.15, 0.2) is 54.6 Å². The Morgan fingerprint density at radius 1 is 1.15 bits per heavy atom. The summed E-state index contributed by atoms with van der Waals surface area (Å²) in [7, 11) is 4.03. The van der Waals surface area contributed by atoms with Crippen molar-refractivity contribution in [3.63, 3.8) is 0 Å². The van der Waals surface area contributed by atoms with E-state index in [0.29, 0.717) is 16.4 Å². The van der Waals surface area contributed by atoms with E-state index >= 15 is 0 Å². The molecule has 1 atom stereocenters. The van der Waals surface area contributed by atoms with Crippen molar-refractivity contribution in [1.82, 2.24) is 15.2 Å². The second kappa shape index (κ2) is 8.65. The third-order valence-corrected chi connectivity index (χ3v) is 5.81. The van der Waals surface area contributed by atoms with Gasteiger partial charge in [-0.25, -0.2) is 4.98 Å². The fourth-order valence-electron chi connectivity index (χ4n) is 2.87. The number of hydrogen-bond acceptors (Lipinski definition) is 4. The van der Waals surface area contributed by atoms with E-state index in [0.717, 1.165) is 16.3 Å². The van der Waals surface area contributed by atoms with Crippen LogP contribution in [0.3, 0.4) is 0 Å².